The maximum Gasteiger partial charge on any atom is 0.246 e. The molecule has 0 radical (unpaired) electrons. The molecule has 3 heteroatoms. The third kappa shape index (κ3) is 2.82. The van der Waals surface area contributed by atoms with Crippen molar-refractivity contribution in [1.82, 2.24) is 0 Å². The molecule has 3 nitrogen and oxygen atoms in total. The van der Waals surface area contributed by atoms with Crippen LogP contribution in [-0.4, -0.2) is 18.6 Å². The van der Waals surface area contributed by atoms with E-state index >= 15 is 0 Å². The van der Waals surface area contributed by atoms with Crippen LogP contribution in [0.2, 0.25) is 0 Å². The van der Waals surface area contributed by atoms with Crippen molar-refractivity contribution in [3.63, 3.8) is 0 Å². The summed E-state index contributed by atoms with van der Waals surface area (Å²) in [4.78, 5) is 10.3. The van der Waals surface area contributed by atoms with Gasteiger partial charge in [0.2, 0.25) is 5.91 Å². The summed E-state index contributed by atoms with van der Waals surface area (Å²) in [5.74, 6) is -0.331. The Morgan fingerprint density at radius 2 is 2.30 bits per heavy atom. The van der Waals surface area contributed by atoms with Gasteiger partial charge in [-0.2, -0.15) is 0 Å². The Morgan fingerprint density at radius 1 is 1.70 bits per heavy atom. The van der Waals surface area contributed by atoms with E-state index in [0.29, 0.717) is 6.61 Å². The zero-order valence-corrected chi connectivity index (χ0v) is 6.59. The lowest BCUT2D eigenvalue weighted by Gasteiger charge is -2.00. The molecule has 10 heavy (non-hydrogen) atoms. The van der Waals surface area contributed by atoms with Crippen LogP contribution in [0.4, 0.5) is 0 Å². The van der Waals surface area contributed by atoms with Gasteiger partial charge in [0, 0.05) is 8.03 Å². The van der Waals surface area contributed by atoms with Crippen molar-refractivity contribution in [2.24, 2.45) is 5.73 Å². The van der Waals surface area contributed by atoms with Crippen LogP contribution >= 0.6 is 0 Å². The lowest BCUT2D eigenvalue weighted by Crippen LogP contribution is -2.27. The van der Waals surface area contributed by atoms with Gasteiger partial charge in [0.25, 0.3) is 0 Å². The smallest absolute Gasteiger partial charge is 0.246 e. The molecule has 1 rings (SSSR count). The number of primary amides is 1. The van der Waals surface area contributed by atoms with Crippen molar-refractivity contribution in [1.29, 1.82) is 0 Å². The fourth-order valence-corrected chi connectivity index (χ4v) is 0.802. The zero-order valence-electron chi connectivity index (χ0n) is 6.59. The summed E-state index contributed by atoms with van der Waals surface area (Å²) < 4.78 is 4.94. The Kier molecular flexibility index (Phi) is 4.94. The number of carbonyl (C=O) groups excluding carboxylic acids is 1. The summed E-state index contributed by atoms with van der Waals surface area (Å²) >= 11 is 0. The molecule has 0 aromatic rings. The van der Waals surface area contributed by atoms with Gasteiger partial charge in [-0.1, -0.05) is 13.8 Å². The Labute approximate surface area is 63.0 Å². The van der Waals surface area contributed by atoms with Crippen LogP contribution in [-0.2, 0) is 9.53 Å². The number of nitrogens with two attached hydrogens (primary N) is 1. The van der Waals surface area contributed by atoms with Gasteiger partial charge in [0.15, 0.2) is 0 Å². The lowest BCUT2D eigenvalue weighted by molar-refractivity contribution is -0.126. The van der Waals surface area contributed by atoms with Crippen LogP contribution in [0.1, 0.15) is 28.1 Å². The highest BCUT2D eigenvalue weighted by molar-refractivity contribution is 5.78. The van der Waals surface area contributed by atoms with E-state index in [4.69, 9.17) is 10.5 Å². The Morgan fingerprint density at radius 3 is 2.50 bits per heavy atom. The second kappa shape index (κ2) is 5.23. The molecule has 62 valence electrons. The molecular formula is C7H17NO2. The number of hydrogen-bond donors (Lipinski definition) is 1. The number of rotatable bonds is 1. The quantitative estimate of drug-likeness (QED) is 0.599. The summed E-state index contributed by atoms with van der Waals surface area (Å²) in [5.41, 5.74) is 4.93. The number of hydrogen-bond acceptors (Lipinski definition) is 2. The minimum absolute atomic E-state index is 0. The average molecular weight is 147 g/mol. The van der Waals surface area contributed by atoms with E-state index in [2.05, 4.69) is 0 Å². The van der Waals surface area contributed by atoms with Crippen LogP contribution in [0.25, 0.3) is 0 Å². The fourth-order valence-electron chi connectivity index (χ4n) is 0.802. The molecular weight excluding hydrogens is 130 g/mol. The van der Waals surface area contributed by atoms with Crippen LogP contribution in [0.15, 0.2) is 0 Å². The van der Waals surface area contributed by atoms with Crippen molar-refractivity contribution in [2.75, 3.05) is 6.61 Å². The van der Waals surface area contributed by atoms with Crippen molar-refractivity contribution in [3.05, 3.63) is 0 Å². The first-order valence-electron chi connectivity index (χ1n) is 3.71. The first kappa shape index (κ1) is 9.43. The monoisotopic (exact) mass is 147 g/mol. The lowest BCUT2D eigenvalue weighted by atomic mass is 10.2. The van der Waals surface area contributed by atoms with Gasteiger partial charge in [0.1, 0.15) is 6.10 Å². The van der Waals surface area contributed by atoms with Crippen LogP contribution in [0.5, 0.6) is 0 Å². The van der Waals surface area contributed by atoms with Gasteiger partial charge in [-0.05, 0) is 12.8 Å². The SMILES string of the molecule is CC.NC(=O)C1CCCO1.[HH]. The molecule has 0 bridgehead atoms. The van der Waals surface area contributed by atoms with Crippen LogP contribution < -0.4 is 5.73 Å². The maximum absolute atomic E-state index is 10.3. The third-order valence-electron chi connectivity index (χ3n) is 1.25. The van der Waals surface area contributed by atoms with Crippen LogP contribution in [0, 0.1) is 0 Å². The predicted octanol–water partition coefficient (Wildman–Crippen LogP) is 0.923. The predicted molar refractivity (Wildman–Crippen MR) is 41.6 cm³/mol. The van der Waals surface area contributed by atoms with E-state index in [0.717, 1.165) is 12.8 Å². The minimum Gasteiger partial charge on any atom is -0.368 e. The van der Waals surface area contributed by atoms with Gasteiger partial charge in [-0.15, -0.1) is 0 Å². The Balaban J connectivity index is 0. The van der Waals surface area contributed by atoms with E-state index < -0.39 is 0 Å². The van der Waals surface area contributed by atoms with Crippen molar-refractivity contribution in [2.45, 2.75) is 32.8 Å². The first-order valence-corrected chi connectivity index (χ1v) is 3.71. The molecule has 1 fully saturated rings. The minimum atomic E-state index is -0.331. The first-order chi connectivity index (χ1) is 4.80. The van der Waals surface area contributed by atoms with Crippen LogP contribution in [0.3, 0.4) is 0 Å². The zero-order chi connectivity index (χ0) is 7.98. The summed E-state index contributed by atoms with van der Waals surface area (Å²) in [6.07, 6.45) is 1.47. The maximum atomic E-state index is 10.3. The normalized spacial score (nSPS) is 23.2. The fraction of sp³-hybridized carbons (Fsp3) is 0.857. The highest BCUT2D eigenvalue weighted by Crippen LogP contribution is 2.10. The number of carbonyl (C=O) groups is 1. The molecule has 1 unspecified atom stereocenters. The molecule has 2 N–H and O–H groups in total. The Bertz CT molecular complexity index is 103. The summed E-state index contributed by atoms with van der Waals surface area (Å²) in [6, 6.07) is 0. The second-order valence-corrected chi connectivity index (χ2v) is 1.90. The molecule has 0 saturated carbocycles. The van der Waals surface area contributed by atoms with Gasteiger partial charge >= 0.3 is 0 Å². The average Bonchev–Trinajstić information content (AvgIpc) is 2.42. The van der Waals surface area contributed by atoms with Gasteiger partial charge in [-0.25, -0.2) is 0 Å². The standard InChI is InChI=1S/C5H9NO2.C2H6.H2/c6-5(7)4-2-1-3-8-4;1-2;/h4H,1-3H2,(H2,6,7);1-2H3;1H. The molecule has 1 amide bonds. The van der Waals surface area contributed by atoms with Crippen molar-refractivity contribution >= 4 is 5.91 Å². The van der Waals surface area contributed by atoms with E-state index in [1.54, 1.807) is 0 Å². The van der Waals surface area contributed by atoms with E-state index in [1.165, 1.54) is 0 Å². The van der Waals surface area contributed by atoms with Gasteiger partial charge in [0.05, 0.1) is 0 Å². The molecule has 1 aliphatic heterocycles. The van der Waals surface area contributed by atoms with E-state index in [-0.39, 0.29) is 13.4 Å². The second-order valence-electron chi connectivity index (χ2n) is 1.90. The molecule has 1 aliphatic rings. The van der Waals surface area contributed by atoms with Gasteiger partial charge in [-0.3, -0.25) is 4.79 Å². The van der Waals surface area contributed by atoms with Gasteiger partial charge < -0.3 is 10.5 Å². The topological polar surface area (TPSA) is 52.3 Å². The summed E-state index contributed by atoms with van der Waals surface area (Å²) in [5, 5.41) is 0. The van der Waals surface area contributed by atoms with E-state index in [9.17, 15) is 4.79 Å². The number of ether oxygens (including phenoxy) is 1. The highest BCUT2D eigenvalue weighted by atomic mass is 16.5. The largest absolute Gasteiger partial charge is 0.368 e. The molecule has 0 spiro atoms. The van der Waals surface area contributed by atoms with E-state index in [1.807, 2.05) is 13.8 Å². The molecule has 1 saturated heterocycles. The molecule has 0 aliphatic carbocycles. The van der Waals surface area contributed by atoms with Crippen molar-refractivity contribution in [3.8, 4) is 0 Å². The molecule has 0 aromatic carbocycles. The third-order valence-corrected chi connectivity index (χ3v) is 1.25. The summed E-state index contributed by atoms with van der Waals surface area (Å²) in [6.45, 7) is 4.69. The molecule has 0 aromatic heterocycles. The van der Waals surface area contributed by atoms with Crippen molar-refractivity contribution < 1.29 is 11.0 Å². The highest BCUT2D eigenvalue weighted by Gasteiger charge is 2.19. The Hall–Kier alpha value is -0.570. The molecule has 1 heterocycles. The number of amides is 1. The summed E-state index contributed by atoms with van der Waals surface area (Å²) in [7, 11) is 0. The molecule has 1 atom stereocenters.